The highest BCUT2D eigenvalue weighted by Crippen LogP contribution is 2.22. The zero-order valence-corrected chi connectivity index (χ0v) is 12.3. The molecule has 0 saturated carbocycles. The van der Waals surface area contributed by atoms with Crippen LogP contribution in [0, 0.1) is 0 Å². The minimum Gasteiger partial charge on any atom is -0.371 e. The average Bonchev–Trinajstić information content (AvgIpc) is 2.47. The Labute approximate surface area is 115 Å². The minimum atomic E-state index is -3.08. The number of anilines is 1. The summed E-state index contributed by atoms with van der Waals surface area (Å²) in [4.78, 5) is 6.29. The van der Waals surface area contributed by atoms with E-state index in [0.717, 1.165) is 31.6 Å². The van der Waals surface area contributed by atoms with E-state index in [1.165, 1.54) is 0 Å². The number of hydrogen-bond acceptors (Lipinski definition) is 4. The van der Waals surface area contributed by atoms with Crippen molar-refractivity contribution >= 4 is 15.7 Å². The van der Waals surface area contributed by atoms with E-state index in [4.69, 9.17) is 0 Å². The molecule has 0 bridgehead atoms. The molecule has 0 atom stereocenters. The molecular weight excluding hydrogens is 262 g/mol. The van der Waals surface area contributed by atoms with E-state index in [0.29, 0.717) is 0 Å². The van der Waals surface area contributed by atoms with Gasteiger partial charge in [-0.05, 0) is 31.9 Å². The molecule has 2 heterocycles. The molecule has 19 heavy (non-hydrogen) atoms. The van der Waals surface area contributed by atoms with Gasteiger partial charge >= 0.3 is 0 Å². The Balaban J connectivity index is 1.96. The lowest BCUT2D eigenvalue weighted by Gasteiger charge is -2.37. The van der Waals surface area contributed by atoms with Gasteiger partial charge in [-0.25, -0.2) is 12.7 Å². The molecule has 0 N–H and O–H groups in total. The van der Waals surface area contributed by atoms with E-state index in [1.54, 1.807) is 30.7 Å². The molecule has 2 rings (SSSR count). The smallest absolute Gasteiger partial charge is 0.213 e. The highest BCUT2D eigenvalue weighted by Gasteiger charge is 2.28. The van der Waals surface area contributed by atoms with Crippen molar-refractivity contribution < 1.29 is 8.42 Å². The maximum absolute atomic E-state index is 11.9. The van der Waals surface area contributed by atoms with Gasteiger partial charge in [0.05, 0.1) is 5.75 Å². The van der Waals surface area contributed by atoms with Crippen LogP contribution in [0.3, 0.4) is 0 Å². The first kappa shape index (κ1) is 14.3. The molecule has 1 aromatic rings. The molecule has 0 spiro atoms. The zero-order chi connectivity index (χ0) is 13.9. The third kappa shape index (κ3) is 3.25. The summed E-state index contributed by atoms with van der Waals surface area (Å²) in [5, 5.41) is 0. The molecule has 0 aliphatic carbocycles. The van der Waals surface area contributed by atoms with E-state index >= 15 is 0 Å². The molecular formula is C13H21N3O2S. The standard InChI is InChI=1S/C13H21N3O2S/c1-3-19(17,18)15(2)12-6-10-16(11-7-12)13-4-8-14-9-5-13/h4-5,8-9,12H,3,6-7,10-11H2,1-2H3. The largest absolute Gasteiger partial charge is 0.371 e. The van der Waals surface area contributed by atoms with Crippen LogP contribution in [-0.2, 0) is 10.0 Å². The zero-order valence-electron chi connectivity index (χ0n) is 11.5. The van der Waals surface area contributed by atoms with Gasteiger partial charge in [0.1, 0.15) is 0 Å². The SMILES string of the molecule is CCS(=O)(=O)N(C)C1CCN(c2ccncc2)CC1. The van der Waals surface area contributed by atoms with Crippen molar-refractivity contribution in [2.45, 2.75) is 25.8 Å². The van der Waals surface area contributed by atoms with E-state index in [1.807, 2.05) is 12.1 Å². The fourth-order valence-corrected chi connectivity index (χ4v) is 3.55. The topological polar surface area (TPSA) is 53.5 Å². The average molecular weight is 283 g/mol. The Morgan fingerprint density at radius 2 is 1.89 bits per heavy atom. The maximum atomic E-state index is 11.9. The van der Waals surface area contributed by atoms with Crippen LogP contribution in [-0.4, -0.2) is 49.6 Å². The lowest BCUT2D eigenvalue weighted by atomic mass is 10.0. The van der Waals surface area contributed by atoms with Crippen molar-refractivity contribution in [2.24, 2.45) is 0 Å². The summed E-state index contributed by atoms with van der Waals surface area (Å²) in [6, 6.07) is 4.11. The highest BCUT2D eigenvalue weighted by molar-refractivity contribution is 7.89. The van der Waals surface area contributed by atoms with E-state index < -0.39 is 10.0 Å². The second kappa shape index (κ2) is 5.88. The Bertz CT molecular complexity index is 496. The molecule has 1 aliphatic rings. The molecule has 0 amide bonds. The molecule has 106 valence electrons. The second-order valence-electron chi connectivity index (χ2n) is 4.84. The summed E-state index contributed by atoms with van der Waals surface area (Å²) in [6.07, 6.45) is 5.32. The van der Waals surface area contributed by atoms with Crippen molar-refractivity contribution in [2.75, 3.05) is 30.8 Å². The number of hydrogen-bond donors (Lipinski definition) is 0. The monoisotopic (exact) mass is 283 g/mol. The number of aromatic nitrogens is 1. The van der Waals surface area contributed by atoms with Crippen LogP contribution in [0.25, 0.3) is 0 Å². The molecule has 1 aliphatic heterocycles. The third-order valence-corrected chi connectivity index (χ3v) is 5.72. The lowest BCUT2D eigenvalue weighted by Crippen LogP contribution is -2.46. The van der Waals surface area contributed by atoms with Gasteiger partial charge in [0.15, 0.2) is 0 Å². The van der Waals surface area contributed by atoms with Crippen LogP contribution >= 0.6 is 0 Å². The van der Waals surface area contributed by atoms with Crippen LogP contribution in [0.1, 0.15) is 19.8 Å². The van der Waals surface area contributed by atoms with Crippen molar-refractivity contribution in [3.63, 3.8) is 0 Å². The number of rotatable bonds is 4. The maximum Gasteiger partial charge on any atom is 0.213 e. The molecule has 1 aromatic heterocycles. The minimum absolute atomic E-state index is 0.128. The quantitative estimate of drug-likeness (QED) is 0.836. The number of sulfonamides is 1. The van der Waals surface area contributed by atoms with Crippen LogP contribution in [0.15, 0.2) is 24.5 Å². The van der Waals surface area contributed by atoms with Gasteiger partial charge in [-0.3, -0.25) is 4.98 Å². The van der Waals surface area contributed by atoms with Gasteiger partial charge in [-0.2, -0.15) is 0 Å². The Hall–Kier alpha value is -1.14. The van der Waals surface area contributed by atoms with Crippen LogP contribution in [0.2, 0.25) is 0 Å². The van der Waals surface area contributed by atoms with Gasteiger partial charge in [0, 0.05) is 44.3 Å². The van der Waals surface area contributed by atoms with Crippen LogP contribution < -0.4 is 4.90 Å². The van der Waals surface area contributed by atoms with Crippen molar-refractivity contribution in [1.82, 2.24) is 9.29 Å². The molecule has 6 heteroatoms. The van der Waals surface area contributed by atoms with E-state index in [2.05, 4.69) is 9.88 Å². The summed E-state index contributed by atoms with van der Waals surface area (Å²) in [7, 11) is -1.38. The van der Waals surface area contributed by atoms with Crippen LogP contribution in [0.5, 0.6) is 0 Å². The van der Waals surface area contributed by atoms with Gasteiger partial charge in [-0.15, -0.1) is 0 Å². The van der Waals surface area contributed by atoms with E-state index in [9.17, 15) is 8.42 Å². The fourth-order valence-electron chi connectivity index (χ4n) is 2.47. The number of pyridine rings is 1. The van der Waals surface area contributed by atoms with Crippen molar-refractivity contribution in [3.05, 3.63) is 24.5 Å². The predicted octanol–water partition coefficient (Wildman–Crippen LogP) is 1.33. The molecule has 0 unspecified atom stereocenters. The lowest BCUT2D eigenvalue weighted by molar-refractivity contribution is 0.312. The summed E-state index contributed by atoms with van der Waals surface area (Å²) in [5.41, 5.74) is 1.16. The summed E-state index contributed by atoms with van der Waals surface area (Å²) in [6.45, 7) is 3.47. The van der Waals surface area contributed by atoms with Gasteiger partial charge in [0.2, 0.25) is 10.0 Å². The third-order valence-electron chi connectivity index (χ3n) is 3.81. The van der Waals surface area contributed by atoms with Gasteiger partial charge in [0.25, 0.3) is 0 Å². The summed E-state index contributed by atoms with van der Waals surface area (Å²) >= 11 is 0. The molecule has 1 fully saturated rings. The summed E-state index contributed by atoms with van der Waals surface area (Å²) < 4.78 is 25.3. The van der Waals surface area contributed by atoms with Gasteiger partial charge < -0.3 is 4.90 Å². The highest BCUT2D eigenvalue weighted by atomic mass is 32.2. The normalized spacial score (nSPS) is 17.9. The van der Waals surface area contributed by atoms with Crippen molar-refractivity contribution in [1.29, 1.82) is 0 Å². The van der Waals surface area contributed by atoms with Crippen LogP contribution in [0.4, 0.5) is 5.69 Å². The predicted molar refractivity (Wildman–Crippen MR) is 76.7 cm³/mol. The second-order valence-corrected chi connectivity index (χ2v) is 7.16. The molecule has 1 saturated heterocycles. The number of piperidine rings is 1. The van der Waals surface area contributed by atoms with E-state index in [-0.39, 0.29) is 11.8 Å². The first-order valence-electron chi connectivity index (χ1n) is 6.65. The molecule has 5 nitrogen and oxygen atoms in total. The van der Waals surface area contributed by atoms with Gasteiger partial charge in [-0.1, -0.05) is 0 Å². The Morgan fingerprint density at radius 3 is 2.42 bits per heavy atom. The first-order chi connectivity index (χ1) is 9.04. The van der Waals surface area contributed by atoms with Crippen molar-refractivity contribution in [3.8, 4) is 0 Å². The molecule has 0 aromatic carbocycles. The fraction of sp³-hybridized carbons (Fsp3) is 0.615. The Morgan fingerprint density at radius 1 is 1.32 bits per heavy atom. The first-order valence-corrected chi connectivity index (χ1v) is 8.26. The summed E-state index contributed by atoms with van der Waals surface area (Å²) in [5.74, 6) is 0.175. The molecule has 0 radical (unpaired) electrons. The Kier molecular flexibility index (Phi) is 4.42. The number of nitrogens with zero attached hydrogens (tertiary/aromatic N) is 3.